The van der Waals surface area contributed by atoms with Crippen molar-refractivity contribution in [2.75, 3.05) is 10.6 Å². The molecule has 25 heavy (non-hydrogen) atoms. The Labute approximate surface area is 158 Å². The molecule has 144 valence electrons. The van der Waals surface area contributed by atoms with E-state index in [1.807, 2.05) is 0 Å². The number of unbranched alkanes of at least 4 members (excludes halogenated alkanes) is 4. The van der Waals surface area contributed by atoms with E-state index in [4.69, 9.17) is 11.6 Å². The van der Waals surface area contributed by atoms with E-state index in [0.29, 0.717) is 11.9 Å². The van der Waals surface area contributed by atoms with Crippen molar-refractivity contribution >= 4 is 23.5 Å². The quantitative estimate of drug-likeness (QED) is 0.438. The van der Waals surface area contributed by atoms with Crippen LogP contribution in [0.2, 0.25) is 5.28 Å². The van der Waals surface area contributed by atoms with Crippen molar-refractivity contribution in [3.63, 3.8) is 0 Å². The number of halogens is 1. The highest BCUT2D eigenvalue weighted by molar-refractivity contribution is 6.28. The summed E-state index contributed by atoms with van der Waals surface area (Å²) in [4.78, 5) is 13.0. The second kappa shape index (κ2) is 10.1. The van der Waals surface area contributed by atoms with E-state index in [9.17, 15) is 0 Å². The van der Waals surface area contributed by atoms with Crippen LogP contribution < -0.4 is 10.6 Å². The Morgan fingerprint density at radius 2 is 1.12 bits per heavy atom. The summed E-state index contributed by atoms with van der Waals surface area (Å²) in [5.74, 6) is 1.07. The summed E-state index contributed by atoms with van der Waals surface area (Å²) in [5, 5.41) is 7.04. The molecule has 0 aliphatic heterocycles. The van der Waals surface area contributed by atoms with Gasteiger partial charge in [-0.25, -0.2) is 0 Å². The topological polar surface area (TPSA) is 62.7 Å². The predicted molar refractivity (Wildman–Crippen MR) is 109 cm³/mol. The summed E-state index contributed by atoms with van der Waals surface area (Å²) in [7, 11) is 0. The highest BCUT2D eigenvalue weighted by atomic mass is 35.5. The number of nitrogens with zero attached hydrogens (tertiary/aromatic N) is 3. The monoisotopic (exact) mass is 369 g/mol. The molecular weight excluding hydrogens is 334 g/mol. The average Bonchev–Trinajstić information content (AvgIpc) is 2.45. The van der Waals surface area contributed by atoms with Gasteiger partial charge in [-0.3, -0.25) is 0 Å². The van der Waals surface area contributed by atoms with Crippen LogP contribution in [0.5, 0.6) is 0 Å². The van der Waals surface area contributed by atoms with E-state index in [2.05, 4.69) is 67.1 Å². The minimum absolute atomic E-state index is 0.0756. The lowest BCUT2D eigenvalue weighted by Gasteiger charge is -2.28. The highest BCUT2D eigenvalue weighted by Gasteiger charge is 2.22. The van der Waals surface area contributed by atoms with Crippen LogP contribution in [-0.4, -0.2) is 26.0 Å². The minimum atomic E-state index is -0.0756. The summed E-state index contributed by atoms with van der Waals surface area (Å²) in [6.07, 6.45) is 9.41. The van der Waals surface area contributed by atoms with Crippen LogP contribution in [0.15, 0.2) is 0 Å². The molecule has 6 heteroatoms. The molecule has 0 saturated carbocycles. The third kappa shape index (κ3) is 9.24. The fourth-order valence-electron chi connectivity index (χ4n) is 2.83. The molecule has 5 nitrogen and oxygen atoms in total. The Morgan fingerprint density at radius 3 is 1.48 bits per heavy atom. The van der Waals surface area contributed by atoms with Crippen LogP contribution in [0.4, 0.5) is 11.9 Å². The van der Waals surface area contributed by atoms with Crippen LogP contribution in [-0.2, 0) is 0 Å². The molecule has 0 saturated heterocycles. The maximum atomic E-state index is 6.12. The van der Waals surface area contributed by atoms with Crippen LogP contribution in [0.25, 0.3) is 0 Å². The SMILES string of the molecule is CCCCCC(C)(C)Nc1nc(Cl)nc(NC(C)(C)CCCCC)n1. The van der Waals surface area contributed by atoms with Crippen molar-refractivity contribution in [1.82, 2.24) is 15.0 Å². The summed E-state index contributed by atoms with van der Waals surface area (Å²) < 4.78 is 0. The summed E-state index contributed by atoms with van der Waals surface area (Å²) in [5.41, 5.74) is -0.151. The van der Waals surface area contributed by atoms with E-state index < -0.39 is 0 Å². The Bertz CT molecular complexity index is 474. The van der Waals surface area contributed by atoms with Crippen molar-refractivity contribution in [2.24, 2.45) is 0 Å². The number of hydrogen-bond donors (Lipinski definition) is 2. The van der Waals surface area contributed by atoms with Gasteiger partial charge in [0, 0.05) is 11.1 Å². The number of rotatable bonds is 12. The molecule has 1 rings (SSSR count). The van der Waals surface area contributed by atoms with E-state index in [-0.39, 0.29) is 16.4 Å². The molecule has 0 fully saturated rings. The first-order valence-electron chi connectivity index (χ1n) is 9.65. The molecule has 0 aliphatic rings. The van der Waals surface area contributed by atoms with E-state index >= 15 is 0 Å². The number of hydrogen-bond acceptors (Lipinski definition) is 5. The Balaban J connectivity index is 2.75. The van der Waals surface area contributed by atoms with Gasteiger partial charge in [-0.15, -0.1) is 0 Å². The second-order valence-corrected chi connectivity index (χ2v) is 8.52. The lowest BCUT2D eigenvalue weighted by molar-refractivity contribution is 0.476. The summed E-state index contributed by atoms with van der Waals surface area (Å²) in [6.45, 7) is 13.1. The van der Waals surface area contributed by atoms with Crippen LogP contribution in [0.1, 0.15) is 92.9 Å². The first-order valence-corrected chi connectivity index (χ1v) is 10.0. The summed E-state index contributed by atoms with van der Waals surface area (Å²) in [6, 6.07) is 0. The molecule has 0 atom stereocenters. The van der Waals surface area contributed by atoms with Gasteiger partial charge in [-0.2, -0.15) is 15.0 Å². The first-order chi connectivity index (χ1) is 11.7. The fourth-order valence-corrected chi connectivity index (χ4v) is 2.99. The lowest BCUT2D eigenvalue weighted by atomic mass is 9.97. The maximum Gasteiger partial charge on any atom is 0.229 e. The molecule has 1 heterocycles. The van der Waals surface area contributed by atoms with Gasteiger partial charge in [0.1, 0.15) is 0 Å². The number of aromatic nitrogens is 3. The van der Waals surface area contributed by atoms with E-state index in [1.165, 1.54) is 38.5 Å². The zero-order chi connectivity index (χ0) is 18.9. The number of nitrogens with one attached hydrogen (secondary N) is 2. The van der Waals surface area contributed by atoms with Crippen molar-refractivity contribution in [1.29, 1.82) is 0 Å². The van der Waals surface area contributed by atoms with Gasteiger partial charge in [-0.05, 0) is 52.1 Å². The Morgan fingerprint density at radius 1 is 0.720 bits per heavy atom. The van der Waals surface area contributed by atoms with Crippen molar-refractivity contribution in [3.8, 4) is 0 Å². The molecule has 1 aromatic heterocycles. The van der Waals surface area contributed by atoms with Gasteiger partial charge < -0.3 is 10.6 Å². The lowest BCUT2D eigenvalue weighted by Crippen LogP contribution is -2.34. The van der Waals surface area contributed by atoms with Gasteiger partial charge in [0.2, 0.25) is 17.2 Å². The maximum absolute atomic E-state index is 6.12. The van der Waals surface area contributed by atoms with E-state index in [1.54, 1.807) is 0 Å². The molecule has 0 spiro atoms. The third-order valence-corrected chi connectivity index (χ3v) is 4.49. The normalized spacial score (nSPS) is 12.3. The van der Waals surface area contributed by atoms with Crippen molar-refractivity contribution in [2.45, 2.75) is 104 Å². The van der Waals surface area contributed by atoms with E-state index in [0.717, 1.165) is 12.8 Å². The van der Waals surface area contributed by atoms with Gasteiger partial charge in [0.05, 0.1) is 0 Å². The first kappa shape index (κ1) is 21.9. The van der Waals surface area contributed by atoms with Crippen LogP contribution in [0.3, 0.4) is 0 Å². The zero-order valence-electron chi connectivity index (χ0n) is 16.9. The third-order valence-electron chi connectivity index (χ3n) is 4.32. The summed E-state index contributed by atoms with van der Waals surface area (Å²) >= 11 is 6.12. The van der Waals surface area contributed by atoms with Crippen molar-refractivity contribution < 1.29 is 0 Å². The average molecular weight is 370 g/mol. The molecule has 0 radical (unpaired) electrons. The number of anilines is 2. The largest absolute Gasteiger partial charge is 0.349 e. The van der Waals surface area contributed by atoms with Crippen LogP contribution in [0, 0.1) is 0 Å². The molecule has 0 amide bonds. The minimum Gasteiger partial charge on any atom is -0.349 e. The molecule has 1 aromatic rings. The van der Waals surface area contributed by atoms with Gasteiger partial charge >= 0.3 is 0 Å². The molecule has 0 bridgehead atoms. The second-order valence-electron chi connectivity index (χ2n) is 8.18. The molecule has 0 aliphatic carbocycles. The van der Waals surface area contributed by atoms with Gasteiger partial charge in [0.25, 0.3) is 0 Å². The molecule has 0 unspecified atom stereocenters. The molecule has 0 aromatic carbocycles. The smallest absolute Gasteiger partial charge is 0.229 e. The Hall–Kier alpha value is -1.10. The van der Waals surface area contributed by atoms with Gasteiger partial charge in [-0.1, -0.05) is 52.4 Å². The molecule has 2 N–H and O–H groups in total. The van der Waals surface area contributed by atoms with Crippen molar-refractivity contribution in [3.05, 3.63) is 5.28 Å². The standard InChI is InChI=1S/C19H36ClN5/c1-7-9-11-13-18(3,4)24-16-21-15(20)22-17(23-16)25-19(5,6)14-12-10-8-2/h7-14H2,1-6H3,(H2,21,22,23,24,25). The van der Waals surface area contributed by atoms with Crippen LogP contribution >= 0.6 is 11.6 Å². The highest BCUT2D eigenvalue weighted by Crippen LogP contribution is 2.23. The Kier molecular flexibility index (Phi) is 8.91. The zero-order valence-corrected chi connectivity index (χ0v) is 17.6. The predicted octanol–water partition coefficient (Wildman–Crippen LogP) is 6.07. The van der Waals surface area contributed by atoms with Gasteiger partial charge in [0.15, 0.2) is 0 Å². The fraction of sp³-hybridized carbons (Fsp3) is 0.842. The molecular formula is C19H36ClN5.